The summed E-state index contributed by atoms with van der Waals surface area (Å²) in [4.78, 5) is 40.7. The number of aromatic nitrogens is 3. The van der Waals surface area contributed by atoms with E-state index in [1.807, 2.05) is 0 Å². The molecule has 1 atom stereocenters. The minimum absolute atomic E-state index is 0.0392. The summed E-state index contributed by atoms with van der Waals surface area (Å²) in [6.45, 7) is 4.61. The highest BCUT2D eigenvalue weighted by atomic mass is 16.4. The molecule has 0 unspecified atom stereocenters. The van der Waals surface area contributed by atoms with Crippen molar-refractivity contribution in [1.82, 2.24) is 20.1 Å². The van der Waals surface area contributed by atoms with E-state index in [1.165, 1.54) is 18.2 Å². The normalized spacial score (nSPS) is 15.9. The third-order valence-electron chi connectivity index (χ3n) is 4.53. The highest BCUT2D eigenvalue weighted by Gasteiger charge is 2.23. The number of likely N-dealkylation sites (tertiary alicyclic amines) is 1. The van der Waals surface area contributed by atoms with E-state index in [0.29, 0.717) is 18.8 Å². The number of carboxylic acids is 1. The molecule has 1 aromatic carbocycles. The molecule has 0 spiro atoms. The molecule has 11 heteroatoms. The number of primary amides is 1. The van der Waals surface area contributed by atoms with Gasteiger partial charge in [-0.3, -0.25) is 9.59 Å². The SMILES string of the molecule is C=CC(=O)N1CCC[C@@H](Nc2nnc(C(N)=O)c(Nc3cccc(C(=O)O)c3)n2)C1. The molecule has 11 nitrogen and oxygen atoms in total. The lowest BCUT2D eigenvalue weighted by Gasteiger charge is -2.32. The van der Waals surface area contributed by atoms with E-state index >= 15 is 0 Å². The Morgan fingerprint density at radius 3 is 2.80 bits per heavy atom. The Kier molecular flexibility index (Phi) is 6.20. The number of nitrogens with zero attached hydrogens (tertiary/aromatic N) is 4. The van der Waals surface area contributed by atoms with Crippen LogP contribution in [0.1, 0.15) is 33.7 Å². The van der Waals surface area contributed by atoms with E-state index in [0.717, 1.165) is 12.8 Å². The minimum Gasteiger partial charge on any atom is -0.478 e. The Hall–Kier alpha value is -4.02. The molecule has 0 saturated carbocycles. The fraction of sp³-hybridized carbons (Fsp3) is 0.263. The van der Waals surface area contributed by atoms with Gasteiger partial charge in [-0.2, -0.15) is 4.98 Å². The Morgan fingerprint density at radius 1 is 1.30 bits per heavy atom. The molecule has 156 valence electrons. The van der Waals surface area contributed by atoms with Gasteiger partial charge < -0.3 is 26.4 Å². The molecule has 2 aromatic rings. The second kappa shape index (κ2) is 8.99. The Balaban J connectivity index is 1.81. The largest absolute Gasteiger partial charge is 0.478 e. The number of anilines is 3. The summed E-state index contributed by atoms with van der Waals surface area (Å²) in [6.07, 6.45) is 2.87. The standard InChI is InChI=1S/C19H21N7O4/c1-2-14(27)26-8-4-7-13(10-26)22-19-23-17(15(16(20)28)24-25-19)21-12-6-3-5-11(9-12)18(29)30/h2-3,5-6,9,13H,1,4,7-8,10H2,(H2,20,28)(H,29,30)(H2,21,22,23,25)/t13-/m1/s1. The summed E-state index contributed by atoms with van der Waals surface area (Å²) < 4.78 is 0. The molecule has 2 amide bonds. The third kappa shape index (κ3) is 4.87. The maximum atomic E-state index is 11.9. The number of aromatic carboxylic acids is 1. The predicted molar refractivity (Wildman–Crippen MR) is 108 cm³/mol. The van der Waals surface area contributed by atoms with Crippen LogP contribution in [-0.2, 0) is 4.79 Å². The van der Waals surface area contributed by atoms with Gasteiger partial charge in [-0.15, -0.1) is 10.2 Å². The molecule has 1 aromatic heterocycles. The number of nitrogens with two attached hydrogens (primary N) is 1. The average molecular weight is 411 g/mol. The fourth-order valence-corrected chi connectivity index (χ4v) is 3.11. The number of carbonyl (C=O) groups excluding carboxylic acids is 2. The molecule has 0 bridgehead atoms. The van der Waals surface area contributed by atoms with Crippen LogP contribution in [0.5, 0.6) is 0 Å². The fourth-order valence-electron chi connectivity index (χ4n) is 3.11. The first kappa shape index (κ1) is 20.7. The molecule has 3 rings (SSSR count). The Morgan fingerprint density at radius 2 is 2.10 bits per heavy atom. The van der Waals surface area contributed by atoms with Crippen LogP contribution in [0.4, 0.5) is 17.5 Å². The molecule has 30 heavy (non-hydrogen) atoms. The van der Waals surface area contributed by atoms with Gasteiger partial charge in [-0.1, -0.05) is 12.6 Å². The summed E-state index contributed by atoms with van der Waals surface area (Å²) in [5.41, 5.74) is 5.63. The van der Waals surface area contributed by atoms with E-state index in [1.54, 1.807) is 17.0 Å². The molecule has 1 fully saturated rings. The molecular formula is C19H21N7O4. The quantitative estimate of drug-likeness (QED) is 0.487. The Bertz CT molecular complexity index is 995. The summed E-state index contributed by atoms with van der Waals surface area (Å²) in [5, 5.41) is 22.9. The minimum atomic E-state index is -1.09. The van der Waals surface area contributed by atoms with Gasteiger partial charge in [0, 0.05) is 24.8 Å². The molecule has 0 aliphatic carbocycles. The van der Waals surface area contributed by atoms with Gasteiger partial charge in [0.1, 0.15) is 0 Å². The third-order valence-corrected chi connectivity index (χ3v) is 4.53. The van der Waals surface area contributed by atoms with Crippen molar-refractivity contribution in [3.05, 3.63) is 48.2 Å². The number of piperidine rings is 1. The molecule has 2 heterocycles. The lowest BCUT2D eigenvalue weighted by atomic mass is 10.1. The topological polar surface area (TPSA) is 163 Å². The van der Waals surface area contributed by atoms with Gasteiger partial charge in [0.05, 0.1) is 5.56 Å². The van der Waals surface area contributed by atoms with E-state index in [-0.39, 0.29) is 35.0 Å². The van der Waals surface area contributed by atoms with Crippen LogP contribution in [0, 0.1) is 0 Å². The van der Waals surface area contributed by atoms with Crippen LogP contribution in [0.2, 0.25) is 0 Å². The predicted octanol–water partition coefficient (Wildman–Crippen LogP) is 1.00. The number of nitrogens with one attached hydrogen (secondary N) is 2. The highest BCUT2D eigenvalue weighted by Crippen LogP contribution is 2.21. The van der Waals surface area contributed by atoms with Crippen molar-refractivity contribution < 1.29 is 19.5 Å². The van der Waals surface area contributed by atoms with Gasteiger partial charge in [0.2, 0.25) is 11.9 Å². The van der Waals surface area contributed by atoms with Crippen molar-refractivity contribution in [2.24, 2.45) is 5.73 Å². The maximum Gasteiger partial charge on any atom is 0.335 e. The molecule has 1 aliphatic rings. The van der Waals surface area contributed by atoms with Crippen molar-refractivity contribution in [3.63, 3.8) is 0 Å². The molecule has 5 N–H and O–H groups in total. The van der Waals surface area contributed by atoms with Crippen molar-refractivity contribution in [2.75, 3.05) is 23.7 Å². The van der Waals surface area contributed by atoms with E-state index in [9.17, 15) is 14.4 Å². The number of amides is 2. The number of carbonyl (C=O) groups is 3. The van der Waals surface area contributed by atoms with Crippen LogP contribution < -0.4 is 16.4 Å². The second-order valence-electron chi connectivity index (χ2n) is 6.68. The monoisotopic (exact) mass is 411 g/mol. The highest BCUT2D eigenvalue weighted by molar-refractivity contribution is 5.96. The van der Waals surface area contributed by atoms with Crippen molar-refractivity contribution in [3.8, 4) is 0 Å². The molecule has 1 saturated heterocycles. The number of rotatable bonds is 7. The first-order valence-electron chi connectivity index (χ1n) is 9.20. The average Bonchev–Trinajstić information content (AvgIpc) is 2.73. The number of hydrogen-bond donors (Lipinski definition) is 4. The van der Waals surface area contributed by atoms with Crippen LogP contribution in [0.15, 0.2) is 36.9 Å². The van der Waals surface area contributed by atoms with Crippen LogP contribution in [-0.4, -0.2) is 62.1 Å². The molecule has 0 radical (unpaired) electrons. The smallest absolute Gasteiger partial charge is 0.335 e. The van der Waals surface area contributed by atoms with Gasteiger partial charge in [0.25, 0.3) is 5.91 Å². The van der Waals surface area contributed by atoms with Crippen LogP contribution in [0.3, 0.4) is 0 Å². The number of carboxylic acid groups (broad SMARTS) is 1. The summed E-state index contributed by atoms with van der Waals surface area (Å²) in [7, 11) is 0. The van der Waals surface area contributed by atoms with Crippen molar-refractivity contribution >= 4 is 35.2 Å². The van der Waals surface area contributed by atoms with Gasteiger partial charge >= 0.3 is 5.97 Å². The zero-order valence-corrected chi connectivity index (χ0v) is 16.0. The maximum absolute atomic E-state index is 11.9. The summed E-state index contributed by atoms with van der Waals surface area (Å²) >= 11 is 0. The van der Waals surface area contributed by atoms with Crippen LogP contribution in [0.25, 0.3) is 0 Å². The Labute approximate surface area is 172 Å². The van der Waals surface area contributed by atoms with Crippen molar-refractivity contribution in [2.45, 2.75) is 18.9 Å². The van der Waals surface area contributed by atoms with E-state index < -0.39 is 11.9 Å². The summed E-state index contributed by atoms with van der Waals surface area (Å²) in [6, 6.07) is 5.89. The van der Waals surface area contributed by atoms with Gasteiger partial charge in [-0.05, 0) is 37.1 Å². The second-order valence-corrected chi connectivity index (χ2v) is 6.68. The first-order chi connectivity index (χ1) is 14.4. The zero-order valence-electron chi connectivity index (χ0n) is 16.0. The lowest BCUT2D eigenvalue weighted by Crippen LogP contribution is -2.44. The van der Waals surface area contributed by atoms with E-state index in [4.69, 9.17) is 10.8 Å². The van der Waals surface area contributed by atoms with Gasteiger partial charge in [0.15, 0.2) is 11.5 Å². The molecule has 1 aliphatic heterocycles. The first-order valence-corrected chi connectivity index (χ1v) is 9.20. The van der Waals surface area contributed by atoms with Crippen molar-refractivity contribution in [1.29, 1.82) is 0 Å². The number of benzene rings is 1. The van der Waals surface area contributed by atoms with Crippen LogP contribution >= 0.6 is 0 Å². The van der Waals surface area contributed by atoms with E-state index in [2.05, 4.69) is 32.4 Å². The zero-order chi connectivity index (χ0) is 21.7. The summed E-state index contributed by atoms with van der Waals surface area (Å²) in [5.74, 6) is -1.89. The molecular weight excluding hydrogens is 390 g/mol. The lowest BCUT2D eigenvalue weighted by molar-refractivity contribution is -0.127. The number of hydrogen-bond acceptors (Lipinski definition) is 8. The van der Waals surface area contributed by atoms with Gasteiger partial charge in [-0.25, -0.2) is 4.79 Å².